The second kappa shape index (κ2) is 26.2. The van der Waals surface area contributed by atoms with Crippen LogP contribution in [0.1, 0.15) is 161 Å². The highest BCUT2D eigenvalue weighted by Crippen LogP contribution is 2.58. The van der Waals surface area contributed by atoms with Gasteiger partial charge < -0.3 is 29.2 Å². The third-order valence-corrected chi connectivity index (χ3v) is 40.2. The lowest BCUT2D eigenvalue weighted by molar-refractivity contribution is -0.445. The number of carboxylic acid groups (broad SMARTS) is 1. The SMILES string of the molecule is Cc1ccc2c(c1)C(C)(C)C1=C3C=C4C=C5C6=[N+](CC[C@H]5O[C@H]4C[C@H]3CCN12)c1ccc(C(=O)O)cc1C6(C)C.Cc1ccc2c(c1)C(C)(C)C1=C3C=C4C=C5C6=[N+](CC[C@H]5O[C@H]4C[C@H]3CCN12)c1ccc(C(=O)ON2C(=O)CCC2=O)cc1C6(C)C.S=S=S=S=S=S=S=S=S=S=S. The number of anilines is 2. The Morgan fingerprint density at radius 1 is 0.531 bits per heavy atom. The molecule has 13 nitrogen and oxygen atoms in total. The van der Waals surface area contributed by atoms with Gasteiger partial charge >= 0.3 is 11.9 Å². The zero-order chi connectivity index (χ0) is 68.6. The lowest BCUT2D eigenvalue weighted by Crippen LogP contribution is -2.46. The quantitative estimate of drug-likeness (QED) is 0.155. The Hall–Kier alpha value is -5.32. The van der Waals surface area contributed by atoms with Crippen molar-refractivity contribution in [3.8, 4) is 0 Å². The number of hydroxylamine groups is 2. The van der Waals surface area contributed by atoms with Crippen molar-refractivity contribution in [3.63, 3.8) is 0 Å². The molecule has 24 heteroatoms. The number of fused-ring (bicyclic) bond motifs is 18. The summed E-state index contributed by atoms with van der Waals surface area (Å²) in [5.74, 6) is -1.53. The molecule has 4 aromatic carbocycles. The second-order valence-corrected chi connectivity index (χ2v) is 45.5. The van der Waals surface area contributed by atoms with Crippen molar-refractivity contribution in [1.29, 1.82) is 0 Å². The normalized spacial score (nSPS) is 25.7. The molecular weight excluding hydrogens is 1440 g/mol. The Morgan fingerprint density at radius 2 is 0.959 bits per heavy atom. The van der Waals surface area contributed by atoms with Gasteiger partial charge in [0, 0.05) is 209 Å². The molecule has 0 spiro atoms. The molecule has 2 amide bonds. The minimum atomic E-state index is -0.875. The molecule has 1 saturated heterocycles. The molecule has 1 N–H and O–H groups in total. The number of hydrogen-bond donors (Lipinski definition) is 1. The number of imide groups is 1. The lowest BCUT2D eigenvalue weighted by atomic mass is 9.71. The first-order chi connectivity index (χ1) is 46.9. The predicted molar refractivity (Wildman–Crippen MR) is 414 cm³/mol. The average Bonchev–Trinajstić information content (AvgIpc) is 1.53. The van der Waals surface area contributed by atoms with E-state index in [9.17, 15) is 24.3 Å². The summed E-state index contributed by atoms with van der Waals surface area (Å²) < 4.78 is 18.7. The van der Waals surface area contributed by atoms with Gasteiger partial charge in [0.25, 0.3) is 11.8 Å². The van der Waals surface area contributed by atoms with Crippen LogP contribution in [0.4, 0.5) is 22.7 Å². The number of allylic oxidation sites excluding steroid dienone is 6. The molecule has 0 unspecified atom stereocenters. The van der Waals surface area contributed by atoms with Crippen LogP contribution in [-0.4, -0.2) is 105 Å². The first kappa shape index (κ1) is 68.4. The minimum absolute atomic E-state index is 0.0260. The first-order valence-electron chi connectivity index (χ1n) is 33.5. The van der Waals surface area contributed by atoms with Crippen molar-refractivity contribution < 1.29 is 47.7 Å². The molecule has 98 heavy (non-hydrogen) atoms. The fraction of sp³-hybridized carbons (Fsp3) is 0.432. The van der Waals surface area contributed by atoms with Gasteiger partial charge in [0.1, 0.15) is 0 Å². The van der Waals surface area contributed by atoms with Gasteiger partial charge in [0.2, 0.25) is 11.4 Å². The van der Waals surface area contributed by atoms with Crippen molar-refractivity contribution in [2.45, 2.75) is 167 Å². The highest BCUT2D eigenvalue weighted by atomic mass is 33.4. The highest BCUT2D eigenvalue weighted by Gasteiger charge is 2.57. The fourth-order valence-corrected chi connectivity index (χ4v) is 37.5. The van der Waals surface area contributed by atoms with Crippen LogP contribution in [0.2, 0.25) is 0 Å². The second-order valence-electron chi connectivity index (χ2n) is 29.5. The Kier molecular flexibility index (Phi) is 18.3. The van der Waals surface area contributed by atoms with E-state index >= 15 is 0 Å². The van der Waals surface area contributed by atoms with E-state index in [1.54, 1.807) is 74.3 Å². The Labute approximate surface area is 608 Å². The zero-order valence-electron chi connectivity index (χ0n) is 56.2. The maximum absolute atomic E-state index is 13.1. The van der Waals surface area contributed by atoms with E-state index in [2.05, 4.69) is 171 Å². The van der Waals surface area contributed by atoms with Gasteiger partial charge in [-0.3, -0.25) is 9.59 Å². The monoisotopic (exact) mass is 1520 g/mol. The van der Waals surface area contributed by atoms with Gasteiger partial charge in [-0.1, -0.05) is 75.2 Å². The van der Waals surface area contributed by atoms with E-state index in [-0.39, 0.29) is 53.5 Å². The van der Waals surface area contributed by atoms with E-state index in [1.807, 2.05) is 24.3 Å². The third-order valence-electron chi connectivity index (χ3n) is 22.5. The molecule has 0 radical (unpaired) electrons. The smallest absolute Gasteiger partial charge is 0.363 e. The van der Waals surface area contributed by atoms with E-state index < -0.39 is 29.2 Å². The largest absolute Gasteiger partial charge is 0.478 e. The molecule has 13 aliphatic rings. The van der Waals surface area contributed by atoms with Crippen LogP contribution in [0.25, 0.3) is 0 Å². The molecule has 1 fully saturated rings. The Bertz CT molecular complexity index is 4980. The van der Waals surface area contributed by atoms with Crippen molar-refractivity contribution in [2.75, 3.05) is 36.0 Å². The van der Waals surface area contributed by atoms with E-state index in [0.29, 0.717) is 28.0 Å². The van der Waals surface area contributed by atoms with Crippen LogP contribution in [0.3, 0.4) is 0 Å². The number of carboxylic acids is 1. The molecule has 11 heterocycles. The number of benzene rings is 4. The van der Waals surface area contributed by atoms with Crippen LogP contribution >= 0.6 is 0 Å². The number of hydrogen-bond acceptors (Lipinski definition) is 11. The van der Waals surface area contributed by atoms with Crippen molar-refractivity contribution >= 4 is 160 Å². The summed E-state index contributed by atoms with van der Waals surface area (Å²) in [5.41, 5.74) is 25.8. The zero-order valence-corrected chi connectivity index (χ0v) is 65.2. The van der Waals surface area contributed by atoms with Crippen LogP contribution in [-0.2, 0) is 148 Å². The number of ether oxygens (including phenoxy) is 2. The minimum Gasteiger partial charge on any atom is -0.478 e. The van der Waals surface area contributed by atoms with Gasteiger partial charge in [-0.2, -0.15) is 9.15 Å². The van der Waals surface area contributed by atoms with Gasteiger partial charge in [-0.15, -0.1) is 5.06 Å². The molecule has 0 saturated carbocycles. The van der Waals surface area contributed by atoms with Gasteiger partial charge in [0.15, 0.2) is 24.5 Å². The summed E-state index contributed by atoms with van der Waals surface area (Å²) in [6.45, 7) is 26.6. The number of carbonyl (C=O) groups is 4. The molecule has 6 atom stereocenters. The van der Waals surface area contributed by atoms with Crippen LogP contribution in [0, 0.1) is 25.7 Å². The molecule has 0 aromatic heterocycles. The van der Waals surface area contributed by atoms with E-state index in [4.69, 9.17) is 14.3 Å². The topological polar surface area (TPSA) is 132 Å². The number of nitrogens with zero attached hydrogens (tertiary/aromatic N) is 5. The molecule has 4 aromatic rings. The van der Waals surface area contributed by atoms with E-state index in [1.165, 1.54) is 108 Å². The summed E-state index contributed by atoms with van der Waals surface area (Å²) in [4.78, 5) is 59.4. The molecule has 2 aliphatic carbocycles. The lowest BCUT2D eigenvalue weighted by Gasteiger charge is -2.44. The maximum atomic E-state index is 13.1. The highest BCUT2D eigenvalue weighted by molar-refractivity contribution is 8.74. The van der Waals surface area contributed by atoms with Crippen LogP contribution in [0.15, 0.2) is 142 Å². The first-order valence-corrected chi connectivity index (χ1v) is 46.8. The predicted octanol–water partition coefficient (Wildman–Crippen LogP) is 12.6. The van der Waals surface area contributed by atoms with Crippen LogP contribution in [0.5, 0.6) is 0 Å². The van der Waals surface area contributed by atoms with E-state index in [0.717, 1.165) is 87.2 Å². The molecule has 17 rings (SSSR count). The number of rotatable bonds is 3. The maximum Gasteiger partial charge on any atom is 0.363 e. The van der Waals surface area contributed by atoms with Gasteiger partial charge in [-0.25, -0.2) is 9.59 Å². The molecule has 11 aliphatic heterocycles. The standard InChI is InChI=1S/C39H40N3O5.C35H36N2O3.S11/c1-21-6-8-29-27(16-21)38(2,3)35-25-17-24-18-26-31(46-32(24)20-22(25)12-14-40(29)35)13-15-41-30-9-7-23(19-28(30)39(4,5)36(26)41)37(45)47-42-33(43)10-11-34(42)44;1-19-6-8-27-25(14-19)34(2,3)31-23-15-22-16-24-29(40-30(22)18-20(23)10-12-36(27)31)11-13-37-28-9-7-21(33(38)39)17-26(28)35(4,5)32(24)37;1-3-5-7-9-11-10-8-6-4-2/h6-9,16-19,22,31-32H,10-15,20H2,1-5H3;6-9,14-17,20,29-30H,10-13,18H2,1-5H3;/q+1;;/p+1/t22-,31-,32+;20-,29-,30+;/m11./s1. The summed E-state index contributed by atoms with van der Waals surface area (Å²) in [5, 5.41) is 10.3. The summed E-state index contributed by atoms with van der Waals surface area (Å²) in [7, 11) is 14.5. The van der Waals surface area contributed by atoms with Crippen molar-refractivity contribution in [2.24, 2.45) is 11.8 Å². The summed E-state index contributed by atoms with van der Waals surface area (Å²) >= 11 is 9.35. The summed E-state index contributed by atoms with van der Waals surface area (Å²) in [6.07, 6.45) is 16.4. The fourth-order valence-electron chi connectivity index (χ4n) is 18.3. The molecular formula is C74H77N5O8S11+2. The Morgan fingerprint density at radius 3 is 1.40 bits per heavy atom. The number of aryl methyl sites for hydroxylation is 2. The molecule has 510 valence electrons. The molecule has 0 bridgehead atoms. The average molecular weight is 1520 g/mol. The van der Waals surface area contributed by atoms with Crippen molar-refractivity contribution in [1.82, 2.24) is 5.06 Å². The number of amides is 2. The Balaban J connectivity index is 0.000000140. The van der Waals surface area contributed by atoms with Gasteiger partial charge in [-0.05, 0) is 161 Å². The van der Waals surface area contributed by atoms with Gasteiger partial charge in [0.05, 0.1) is 46.4 Å². The van der Waals surface area contributed by atoms with Crippen LogP contribution < -0.4 is 9.80 Å². The number of carbonyl (C=O) groups excluding carboxylic acids is 3. The third kappa shape index (κ3) is 11.5. The number of aromatic carboxylic acids is 1. The summed E-state index contributed by atoms with van der Waals surface area (Å²) in [6, 6.07) is 25.0. The van der Waals surface area contributed by atoms with Crippen molar-refractivity contribution in [3.05, 3.63) is 186 Å².